The van der Waals surface area contributed by atoms with Gasteiger partial charge in [0.2, 0.25) is 0 Å². The Morgan fingerprint density at radius 1 is 1.37 bits per heavy atom. The fourth-order valence-electron chi connectivity index (χ4n) is 2.54. The third kappa shape index (κ3) is 3.83. The summed E-state index contributed by atoms with van der Waals surface area (Å²) in [4.78, 5) is 4.60. The second-order valence-corrected chi connectivity index (χ2v) is 6.13. The fourth-order valence-corrected chi connectivity index (χ4v) is 2.96. The second kappa shape index (κ2) is 6.42. The van der Waals surface area contributed by atoms with Gasteiger partial charge < -0.3 is 10.0 Å². The van der Waals surface area contributed by atoms with Gasteiger partial charge in [-0.3, -0.25) is 4.90 Å². The van der Waals surface area contributed by atoms with Crippen LogP contribution in [0.3, 0.4) is 0 Å². The molecule has 1 saturated heterocycles. The van der Waals surface area contributed by atoms with Gasteiger partial charge in [-0.2, -0.15) is 0 Å². The van der Waals surface area contributed by atoms with Crippen molar-refractivity contribution in [2.45, 2.75) is 19.1 Å². The summed E-state index contributed by atoms with van der Waals surface area (Å²) in [5, 5.41) is 11.5. The molecule has 1 aliphatic heterocycles. The summed E-state index contributed by atoms with van der Waals surface area (Å²) in [5.41, 5.74) is 0.709. The number of piperazine rings is 1. The highest BCUT2D eigenvalue weighted by Gasteiger charge is 2.24. The number of hydrogen-bond donors (Lipinski definition) is 1. The van der Waals surface area contributed by atoms with Gasteiger partial charge in [0.15, 0.2) is 0 Å². The Labute approximate surface area is 124 Å². The minimum Gasteiger partial charge on any atom is -0.387 e. The summed E-state index contributed by atoms with van der Waals surface area (Å²) in [6.45, 7) is 5.79. The lowest BCUT2D eigenvalue weighted by molar-refractivity contribution is 0.0474. The van der Waals surface area contributed by atoms with E-state index in [1.807, 2.05) is 0 Å². The molecule has 1 aromatic carbocycles. The molecule has 0 amide bonds. The molecule has 0 radical (unpaired) electrons. The van der Waals surface area contributed by atoms with Gasteiger partial charge in [-0.05, 0) is 32.2 Å². The number of hydrogen-bond acceptors (Lipinski definition) is 3. The molecule has 19 heavy (non-hydrogen) atoms. The van der Waals surface area contributed by atoms with Crippen molar-refractivity contribution in [2.75, 3.05) is 33.2 Å². The summed E-state index contributed by atoms with van der Waals surface area (Å²) < 4.78 is 0. The van der Waals surface area contributed by atoms with Crippen molar-refractivity contribution >= 4 is 23.2 Å². The van der Waals surface area contributed by atoms with Crippen LogP contribution in [-0.2, 0) is 0 Å². The Morgan fingerprint density at radius 3 is 2.79 bits per heavy atom. The van der Waals surface area contributed by atoms with E-state index in [2.05, 4.69) is 23.8 Å². The SMILES string of the molecule is C[C@@H]1CN(C)CCN1C[C@H](O)c1cc(Cl)ccc1Cl. The number of β-amino-alcohol motifs (C(OH)–C–C–N with tert-alkyl or cyclic N) is 1. The van der Waals surface area contributed by atoms with Gasteiger partial charge in [-0.1, -0.05) is 23.2 Å². The van der Waals surface area contributed by atoms with Crippen LogP contribution in [0, 0.1) is 0 Å². The third-order valence-corrected chi connectivity index (χ3v) is 4.27. The van der Waals surface area contributed by atoms with E-state index in [0.717, 1.165) is 19.6 Å². The van der Waals surface area contributed by atoms with Crippen molar-refractivity contribution in [3.63, 3.8) is 0 Å². The standard InChI is InChI=1S/C14H20Cl2N2O/c1-10-8-17(2)5-6-18(10)9-14(19)12-7-11(15)3-4-13(12)16/h3-4,7,10,14,19H,5-6,8-9H2,1-2H3/t10-,14+/m1/s1. The number of benzene rings is 1. The second-order valence-electron chi connectivity index (χ2n) is 5.29. The normalized spacial score (nSPS) is 23.5. The highest BCUT2D eigenvalue weighted by atomic mass is 35.5. The van der Waals surface area contributed by atoms with Crippen LogP contribution in [0.1, 0.15) is 18.6 Å². The van der Waals surface area contributed by atoms with Crippen molar-refractivity contribution in [1.82, 2.24) is 9.80 Å². The van der Waals surface area contributed by atoms with Gasteiger partial charge in [0.1, 0.15) is 0 Å². The number of nitrogens with zero attached hydrogens (tertiary/aromatic N) is 2. The molecule has 1 aromatic rings. The predicted octanol–water partition coefficient (Wildman–Crippen LogP) is 2.66. The number of halogens is 2. The average Bonchev–Trinajstić information content (AvgIpc) is 2.35. The van der Waals surface area contributed by atoms with Gasteiger partial charge in [-0.15, -0.1) is 0 Å². The number of aliphatic hydroxyl groups is 1. The smallest absolute Gasteiger partial charge is 0.0931 e. The van der Waals surface area contributed by atoms with E-state index >= 15 is 0 Å². The summed E-state index contributed by atoms with van der Waals surface area (Å²) in [6, 6.07) is 5.65. The Balaban J connectivity index is 2.04. The minimum absolute atomic E-state index is 0.436. The van der Waals surface area contributed by atoms with Crippen molar-refractivity contribution in [3.05, 3.63) is 33.8 Å². The Morgan fingerprint density at radius 2 is 2.11 bits per heavy atom. The van der Waals surface area contributed by atoms with Gasteiger partial charge in [0.25, 0.3) is 0 Å². The Hall–Kier alpha value is -0.320. The van der Waals surface area contributed by atoms with E-state index in [4.69, 9.17) is 23.2 Å². The monoisotopic (exact) mass is 302 g/mol. The number of likely N-dealkylation sites (N-methyl/N-ethyl adjacent to an activating group) is 1. The van der Waals surface area contributed by atoms with Crippen LogP contribution < -0.4 is 0 Å². The highest BCUT2D eigenvalue weighted by molar-refractivity contribution is 6.33. The molecule has 0 aliphatic carbocycles. The van der Waals surface area contributed by atoms with E-state index in [-0.39, 0.29) is 0 Å². The first-order chi connectivity index (χ1) is 8.97. The molecule has 1 aliphatic rings. The Kier molecular flexibility index (Phi) is 5.09. The van der Waals surface area contributed by atoms with Crippen LogP contribution in [-0.4, -0.2) is 54.2 Å². The maximum atomic E-state index is 10.4. The maximum Gasteiger partial charge on any atom is 0.0931 e. The van der Waals surface area contributed by atoms with E-state index in [9.17, 15) is 5.11 Å². The molecule has 1 N–H and O–H groups in total. The van der Waals surface area contributed by atoms with E-state index in [1.165, 1.54) is 0 Å². The van der Waals surface area contributed by atoms with Crippen molar-refractivity contribution in [3.8, 4) is 0 Å². The molecule has 1 heterocycles. The summed E-state index contributed by atoms with van der Waals surface area (Å²) in [5.74, 6) is 0. The zero-order chi connectivity index (χ0) is 14.0. The number of rotatable bonds is 3. The van der Waals surface area contributed by atoms with Crippen LogP contribution in [0.5, 0.6) is 0 Å². The van der Waals surface area contributed by atoms with Gasteiger partial charge in [0.05, 0.1) is 6.10 Å². The van der Waals surface area contributed by atoms with Crippen LogP contribution in [0.15, 0.2) is 18.2 Å². The van der Waals surface area contributed by atoms with Crippen molar-refractivity contribution in [1.29, 1.82) is 0 Å². The molecule has 106 valence electrons. The predicted molar refractivity (Wildman–Crippen MR) is 80.0 cm³/mol. The quantitative estimate of drug-likeness (QED) is 0.930. The highest BCUT2D eigenvalue weighted by Crippen LogP contribution is 2.27. The topological polar surface area (TPSA) is 26.7 Å². The summed E-state index contributed by atoms with van der Waals surface area (Å²) >= 11 is 12.1. The minimum atomic E-state index is -0.600. The molecule has 2 rings (SSSR count). The van der Waals surface area contributed by atoms with Gasteiger partial charge >= 0.3 is 0 Å². The van der Waals surface area contributed by atoms with Gasteiger partial charge in [-0.25, -0.2) is 0 Å². The summed E-state index contributed by atoms with van der Waals surface area (Å²) in [6.07, 6.45) is -0.600. The lowest BCUT2D eigenvalue weighted by Gasteiger charge is -2.39. The molecule has 0 bridgehead atoms. The largest absolute Gasteiger partial charge is 0.387 e. The van der Waals surface area contributed by atoms with Crippen LogP contribution >= 0.6 is 23.2 Å². The lowest BCUT2D eigenvalue weighted by Crippen LogP contribution is -2.51. The van der Waals surface area contributed by atoms with E-state index < -0.39 is 6.10 Å². The zero-order valence-corrected chi connectivity index (χ0v) is 12.8. The lowest BCUT2D eigenvalue weighted by atomic mass is 10.1. The van der Waals surface area contributed by atoms with Crippen LogP contribution in [0.2, 0.25) is 10.0 Å². The fraction of sp³-hybridized carbons (Fsp3) is 0.571. The molecule has 5 heteroatoms. The molecule has 0 saturated carbocycles. The molecule has 0 aromatic heterocycles. The first kappa shape index (κ1) is 15.1. The van der Waals surface area contributed by atoms with Crippen LogP contribution in [0.4, 0.5) is 0 Å². The first-order valence-corrected chi connectivity index (χ1v) is 7.28. The average molecular weight is 303 g/mol. The van der Waals surface area contributed by atoms with Crippen molar-refractivity contribution < 1.29 is 5.11 Å². The van der Waals surface area contributed by atoms with Crippen LogP contribution in [0.25, 0.3) is 0 Å². The Bertz CT molecular complexity index is 441. The molecule has 0 unspecified atom stereocenters. The molecule has 2 atom stereocenters. The zero-order valence-electron chi connectivity index (χ0n) is 11.3. The third-order valence-electron chi connectivity index (χ3n) is 3.69. The first-order valence-electron chi connectivity index (χ1n) is 6.53. The molecular weight excluding hydrogens is 283 g/mol. The number of aliphatic hydroxyl groups excluding tert-OH is 1. The molecule has 0 spiro atoms. The van der Waals surface area contributed by atoms with E-state index in [1.54, 1.807) is 18.2 Å². The molecule has 3 nitrogen and oxygen atoms in total. The van der Waals surface area contributed by atoms with E-state index in [0.29, 0.717) is 28.2 Å². The maximum absolute atomic E-state index is 10.4. The van der Waals surface area contributed by atoms with Crippen molar-refractivity contribution in [2.24, 2.45) is 0 Å². The molecular formula is C14H20Cl2N2O. The summed E-state index contributed by atoms with van der Waals surface area (Å²) in [7, 11) is 2.12. The van der Waals surface area contributed by atoms with Gasteiger partial charge in [0, 0.05) is 47.8 Å². The molecule has 1 fully saturated rings.